The number of aromatic nitrogens is 2. The summed E-state index contributed by atoms with van der Waals surface area (Å²) in [5.41, 5.74) is 9.89. The number of imidazole rings is 1. The molecule has 0 unspecified atom stereocenters. The lowest BCUT2D eigenvalue weighted by atomic mass is 10.1. The normalized spacial score (nSPS) is 10.9. The first-order valence-corrected chi connectivity index (χ1v) is 6.68. The molecule has 1 aromatic carbocycles. The molecule has 0 amide bonds. The Bertz CT molecular complexity index is 762. The molecule has 0 aliphatic carbocycles. The number of ether oxygens (including phenoxy) is 1. The molecule has 2 heterocycles. The number of nitrogens with zero attached hydrogens (tertiary/aromatic N) is 2. The monoisotopic (exact) mass is 267 g/mol. The second-order valence-electron chi connectivity index (χ2n) is 4.64. The number of fused-ring (bicyclic) bond motifs is 1. The summed E-state index contributed by atoms with van der Waals surface area (Å²) < 4.78 is 7.62. The Morgan fingerprint density at radius 2 is 1.95 bits per heavy atom. The van der Waals surface area contributed by atoms with Gasteiger partial charge in [0.1, 0.15) is 22.9 Å². The largest absolute Gasteiger partial charge is 0.493 e. The molecule has 0 aliphatic rings. The van der Waals surface area contributed by atoms with Gasteiger partial charge in [-0.25, -0.2) is 4.98 Å². The number of para-hydroxylation sites is 1. The zero-order valence-electron chi connectivity index (χ0n) is 11.6. The maximum Gasteiger partial charge on any atom is 0.139 e. The van der Waals surface area contributed by atoms with Gasteiger partial charge in [-0.05, 0) is 38.1 Å². The van der Waals surface area contributed by atoms with Crippen molar-refractivity contribution in [2.75, 3.05) is 12.3 Å². The summed E-state index contributed by atoms with van der Waals surface area (Å²) in [6, 6.07) is 13.8. The quantitative estimate of drug-likeness (QED) is 0.792. The molecule has 0 spiro atoms. The fourth-order valence-corrected chi connectivity index (χ4v) is 2.42. The van der Waals surface area contributed by atoms with Crippen molar-refractivity contribution in [3.8, 4) is 17.0 Å². The minimum atomic E-state index is 0.614. The van der Waals surface area contributed by atoms with Crippen molar-refractivity contribution in [1.29, 1.82) is 0 Å². The Hall–Kier alpha value is -2.49. The maximum absolute atomic E-state index is 6.28. The SMILES string of the molecule is CCOc1ccccc1-c1nc2cccc(C)n2c1N. The van der Waals surface area contributed by atoms with E-state index in [-0.39, 0.29) is 0 Å². The molecule has 4 heteroatoms. The van der Waals surface area contributed by atoms with E-state index in [0.717, 1.165) is 28.3 Å². The smallest absolute Gasteiger partial charge is 0.139 e. The minimum Gasteiger partial charge on any atom is -0.493 e. The van der Waals surface area contributed by atoms with Crippen LogP contribution >= 0.6 is 0 Å². The Kier molecular flexibility index (Phi) is 3.06. The molecular weight excluding hydrogens is 250 g/mol. The van der Waals surface area contributed by atoms with Crippen LogP contribution in [0.1, 0.15) is 12.6 Å². The van der Waals surface area contributed by atoms with Crippen molar-refractivity contribution in [1.82, 2.24) is 9.38 Å². The van der Waals surface area contributed by atoms with Crippen LogP contribution in [0, 0.1) is 6.92 Å². The molecule has 3 aromatic rings. The van der Waals surface area contributed by atoms with Crippen LogP contribution in [0.4, 0.5) is 5.82 Å². The highest BCUT2D eigenvalue weighted by molar-refractivity contribution is 5.79. The van der Waals surface area contributed by atoms with Gasteiger partial charge < -0.3 is 10.5 Å². The van der Waals surface area contributed by atoms with Crippen LogP contribution in [0.25, 0.3) is 16.9 Å². The molecule has 0 saturated heterocycles. The molecule has 3 rings (SSSR count). The van der Waals surface area contributed by atoms with E-state index in [1.807, 2.05) is 60.7 Å². The lowest BCUT2D eigenvalue weighted by Gasteiger charge is -2.08. The van der Waals surface area contributed by atoms with Crippen LogP contribution in [0.15, 0.2) is 42.5 Å². The second-order valence-corrected chi connectivity index (χ2v) is 4.64. The molecule has 0 saturated carbocycles. The van der Waals surface area contributed by atoms with E-state index < -0.39 is 0 Å². The van der Waals surface area contributed by atoms with Gasteiger partial charge in [-0.2, -0.15) is 0 Å². The minimum absolute atomic E-state index is 0.614. The fraction of sp³-hybridized carbons (Fsp3) is 0.188. The van der Waals surface area contributed by atoms with Crippen molar-refractivity contribution in [3.05, 3.63) is 48.2 Å². The zero-order valence-corrected chi connectivity index (χ0v) is 11.6. The first kappa shape index (κ1) is 12.5. The van der Waals surface area contributed by atoms with Crippen molar-refractivity contribution >= 4 is 11.5 Å². The van der Waals surface area contributed by atoms with Gasteiger partial charge in [0.25, 0.3) is 0 Å². The van der Waals surface area contributed by atoms with Crippen LogP contribution in [-0.4, -0.2) is 16.0 Å². The second kappa shape index (κ2) is 4.89. The number of hydrogen-bond acceptors (Lipinski definition) is 3. The summed E-state index contributed by atoms with van der Waals surface area (Å²) in [5, 5.41) is 0. The number of pyridine rings is 1. The highest BCUT2D eigenvalue weighted by atomic mass is 16.5. The summed E-state index contributed by atoms with van der Waals surface area (Å²) in [7, 11) is 0. The zero-order chi connectivity index (χ0) is 14.1. The van der Waals surface area contributed by atoms with E-state index in [2.05, 4.69) is 4.98 Å². The van der Waals surface area contributed by atoms with E-state index in [1.54, 1.807) is 0 Å². The number of benzene rings is 1. The van der Waals surface area contributed by atoms with Gasteiger partial charge >= 0.3 is 0 Å². The van der Waals surface area contributed by atoms with E-state index in [1.165, 1.54) is 0 Å². The number of nitrogens with two attached hydrogens (primary N) is 1. The van der Waals surface area contributed by atoms with Gasteiger partial charge in [-0.3, -0.25) is 4.40 Å². The molecule has 20 heavy (non-hydrogen) atoms. The van der Waals surface area contributed by atoms with Gasteiger partial charge in [0, 0.05) is 11.3 Å². The fourth-order valence-electron chi connectivity index (χ4n) is 2.42. The first-order valence-electron chi connectivity index (χ1n) is 6.68. The highest BCUT2D eigenvalue weighted by Crippen LogP contribution is 2.34. The lowest BCUT2D eigenvalue weighted by molar-refractivity contribution is 0.341. The number of rotatable bonds is 3. The molecule has 2 N–H and O–H groups in total. The molecule has 0 atom stereocenters. The van der Waals surface area contributed by atoms with Crippen molar-refractivity contribution < 1.29 is 4.74 Å². The topological polar surface area (TPSA) is 52.5 Å². The molecule has 0 radical (unpaired) electrons. The lowest BCUT2D eigenvalue weighted by Crippen LogP contribution is -1.98. The van der Waals surface area contributed by atoms with Gasteiger partial charge in [-0.15, -0.1) is 0 Å². The molecule has 4 nitrogen and oxygen atoms in total. The third kappa shape index (κ3) is 1.90. The molecule has 2 aromatic heterocycles. The average Bonchev–Trinajstić information content (AvgIpc) is 2.78. The maximum atomic E-state index is 6.28. The summed E-state index contributed by atoms with van der Waals surface area (Å²) >= 11 is 0. The molecule has 102 valence electrons. The Morgan fingerprint density at radius 3 is 2.70 bits per heavy atom. The molecular formula is C16H17N3O. The Balaban J connectivity index is 2.25. The Morgan fingerprint density at radius 1 is 1.15 bits per heavy atom. The van der Waals surface area contributed by atoms with Gasteiger partial charge in [-0.1, -0.05) is 18.2 Å². The van der Waals surface area contributed by atoms with E-state index in [9.17, 15) is 0 Å². The molecule has 0 bridgehead atoms. The standard InChI is InChI=1S/C16H17N3O/c1-3-20-13-9-5-4-8-12(13)15-16(17)19-11(2)7-6-10-14(19)18-15/h4-10H,3,17H2,1-2H3. The molecule has 0 fully saturated rings. The van der Waals surface area contributed by atoms with Crippen molar-refractivity contribution in [3.63, 3.8) is 0 Å². The van der Waals surface area contributed by atoms with Gasteiger partial charge in [0.2, 0.25) is 0 Å². The summed E-state index contributed by atoms with van der Waals surface area (Å²) in [6.45, 7) is 4.60. The van der Waals surface area contributed by atoms with Crippen molar-refractivity contribution in [2.45, 2.75) is 13.8 Å². The summed E-state index contributed by atoms with van der Waals surface area (Å²) in [5.74, 6) is 1.45. The van der Waals surface area contributed by atoms with Crippen LogP contribution in [0.3, 0.4) is 0 Å². The van der Waals surface area contributed by atoms with Crippen molar-refractivity contribution in [2.24, 2.45) is 0 Å². The van der Waals surface area contributed by atoms with E-state index in [0.29, 0.717) is 12.4 Å². The number of anilines is 1. The summed E-state index contributed by atoms with van der Waals surface area (Å²) in [6.07, 6.45) is 0. The third-order valence-corrected chi connectivity index (χ3v) is 3.32. The highest BCUT2D eigenvalue weighted by Gasteiger charge is 2.15. The number of aryl methyl sites for hydroxylation is 1. The number of hydrogen-bond donors (Lipinski definition) is 1. The first-order chi connectivity index (χ1) is 9.72. The van der Waals surface area contributed by atoms with Crippen LogP contribution in [0.2, 0.25) is 0 Å². The predicted molar refractivity (Wildman–Crippen MR) is 80.9 cm³/mol. The Labute approximate surface area is 117 Å². The molecule has 0 aliphatic heterocycles. The average molecular weight is 267 g/mol. The third-order valence-electron chi connectivity index (χ3n) is 3.32. The predicted octanol–water partition coefficient (Wildman–Crippen LogP) is 3.29. The van der Waals surface area contributed by atoms with Crippen LogP contribution in [-0.2, 0) is 0 Å². The van der Waals surface area contributed by atoms with E-state index in [4.69, 9.17) is 10.5 Å². The van der Waals surface area contributed by atoms with E-state index >= 15 is 0 Å². The van der Waals surface area contributed by atoms with Crippen LogP contribution < -0.4 is 10.5 Å². The summed E-state index contributed by atoms with van der Waals surface area (Å²) in [4.78, 5) is 4.64. The van der Waals surface area contributed by atoms with Gasteiger partial charge in [0.15, 0.2) is 0 Å². The number of nitrogen functional groups attached to an aromatic ring is 1. The van der Waals surface area contributed by atoms with Crippen LogP contribution in [0.5, 0.6) is 5.75 Å². The van der Waals surface area contributed by atoms with Gasteiger partial charge in [0.05, 0.1) is 6.61 Å².